The predicted molar refractivity (Wildman–Crippen MR) is 69.9 cm³/mol. The molecule has 2 rings (SSSR count). The molecule has 0 radical (unpaired) electrons. The Morgan fingerprint density at radius 2 is 2.33 bits per heavy atom. The van der Waals surface area contributed by atoms with E-state index >= 15 is 0 Å². The standard InChI is InChI=1S/C12H18N2O3S/c1-2-16-11(15)9-10(14-12(13)18-9)17-7-6-8-4-3-5-8/h8H,2-7H2,1H3,(H2,13,14). The van der Waals surface area contributed by atoms with Crippen molar-refractivity contribution < 1.29 is 14.3 Å². The van der Waals surface area contributed by atoms with Gasteiger partial charge in [-0.05, 0) is 19.3 Å². The van der Waals surface area contributed by atoms with E-state index in [1.165, 1.54) is 19.3 Å². The number of carbonyl (C=O) groups is 1. The van der Waals surface area contributed by atoms with Crippen LogP contribution in [-0.4, -0.2) is 24.2 Å². The highest BCUT2D eigenvalue weighted by atomic mass is 32.1. The molecule has 1 aliphatic rings. The van der Waals surface area contributed by atoms with Gasteiger partial charge in [0.2, 0.25) is 5.88 Å². The number of thiazole rings is 1. The van der Waals surface area contributed by atoms with Crippen molar-refractivity contribution in [2.45, 2.75) is 32.6 Å². The zero-order valence-electron chi connectivity index (χ0n) is 10.5. The lowest BCUT2D eigenvalue weighted by Crippen LogP contribution is -2.15. The molecule has 5 nitrogen and oxygen atoms in total. The lowest BCUT2D eigenvalue weighted by molar-refractivity contribution is 0.0526. The monoisotopic (exact) mass is 270 g/mol. The molecule has 1 saturated carbocycles. The van der Waals surface area contributed by atoms with Crippen molar-refractivity contribution in [1.82, 2.24) is 4.98 Å². The quantitative estimate of drug-likeness (QED) is 0.804. The largest absolute Gasteiger partial charge is 0.476 e. The summed E-state index contributed by atoms with van der Waals surface area (Å²) >= 11 is 1.11. The van der Waals surface area contributed by atoms with E-state index in [9.17, 15) is 4.79 Å². The number of ether oxygens (including phenoxy) is 2. The summed E-state index contributed by atoms with van der Waals surface area (Å²) in [7, 11) is 0. The summed E-state index contributed by atoms with van der Waals surface area (Å²) in [4.78, 5) is 16.0. The van der Waals surface area contributed by atoms with E-state index in [1.54, 1.807) is 6.92 Å². The van der Waals surface area contributed by atoms with E-state index in [-0.39, 0.29) is 0 Å². The van der Waals surface area contributed by atoms with Crippen LogP contribution in [0.5, 0.6) is 5.88 Å². The number of hydrogen-bond acceptors (Lipinski definition) is 6. The first kappa shape index (κ1) is 13.1. The van der Waals surface area contributed by atoms with Gasteiger partial charge in [0.05, 0.1) is 13.2 Å². The highest BCUT2D eigenvalue weighted by Crippen LogP contribution is 2.31. The van der Waals surface area contributed by atoms with E-state index in [0.29, 0.717) is 29.1 Å². The molecule has 1 fully saturated rings. The van der Waals surface area contributed by atoms with Crippen LogP contribution in [0.4, 0.5) is 5.13 Å². The molecule has 0 atom stereocenters. The highest BCUT2D eigenvalue weighted by molar-refractivity contribution is 7.17. The second-order valence-corrected chi connectivity index (χ2v) is 5.37. The number of hydrogen-bond donors (Lipinski definition) is 1. The molecule has 0 aromatic carbocycles. The number of esters is 1. The maximum Gasteiger partial charge on any atom is 0.354 e. The molecule has 1 aromatic heterocycles. The number of anilines is 1. The van der Waals surface area contributed by atoms with E-state index in [2.05, 4.69) is 4.98 Å². The van der Waals surface area contributed by atoms with Crippen LogP contribution < -0.4 is 10.5 Å². The van der Waals surface area contributed by atoms with Gasteiger partial charge in [0.25, 0.3) is 0 Å². The number of rotatable bonds is 6. The maximum absolute atomic E-state index is 11.7. The van der Waals surface area contributed by atoms with Crippen molar-refractivity contribution in [2.24, 2.45) is 5.92 Å². The Morgan fingerprint density at radius 1 is 1.56 bits per heavy atom. The molecule has 1 aromatic rings. The van der Waals surface area contributed by atoms with Gasteiger partial charge >= 0.3 is 5.97 Å². The first-order valence-corrected chi connectivity index (χ1v) is 7.08. The third-order valence-corrected chi connectivity index (χ3v) is 3.91. The normalized spacial score (nSPS) is 15.2. The molecule has 0 bridgehead atoms. The minimum atomic E-state index is -0.412. The minimum absolute atomic E-state index is 0.315. The fourth-order valence-electron chi connectivity index (χ4n) is 1.85. The van der Waals surface area contributed by atoms with Crippen molar-refractivity contribution in [3.63, 3.8) is 0 Å². The third kappa shape index (κ3) is 3.13. The van der Waals surface area contributed by atoms with Gasteiger partial charge in [-0.15, -0.1) is 0 Å². The number of carbonyl (C=O) groups excluding carboxylic acids is 1. The fourth-order valence-corrected chi connectivity index (χ4v) is 2.52. The Hall–Kier alpha value is -1.30. The lowest BCUT2D eigenvalue weighted by atomic mass is 9.83. The van der Waals surface area contributed by atoms with E-state index in [0.717, 1.165) is 23.7 Å². The SMILES string of the molecule is CCOC(=O)c1sc(N)nc1OCCC1CCC1. The first-order chi connectivity index (χ1) is 8.70. The smallest absolute Gasteiger partial charge is 0.354 e. The third-order valence-electron chi connectivity index (χ3n) is 3.06. The number of nitrogens with zero attached hydrogens (tertiary/aromatic N) is 1. The predicted octanol–water partition coefficient (Wildman–Crippen LogP) is 2.47. The highest BCUT2D eigenvalue weighted by Gasteiger charge is 2.21. The molecule has 0 spiro atoms. The molecular weight excluding hydrogens is 252 g/mol. The summed E-state index contributed by atoms with van der Waals surface area (Å²) in [6.45, 7) is 2.68. The second kappa shape index (κ2) is 6.04. The average molecular weight is 270 g/mol. The minimum Gasteiger partial charge on any atom is -0.476 e. The van der Waals surface area contributed by atoms with Crippen LogP contribution in [0.3, 0.4) is 0 Å². The number of nitrogens with two attached hydrogens (primary N) is 1. The van der Waals surface area contributed by atoms with Crippen molar-refractivity contribution in [3.8, 4) is 5.88 Å². The van der Waals surface area contributed by atoms with Gasteiger partial charge in [0.1, 0.15) is 0 Å². The summed E-state index contributed by atoms with van der Waals surface area (Å²) in [6, 6.07) is 0. The van der Waals surface area contributed by atoms with Gasteiger partial charge in [-0.3, -0.25) is 0 Å². The van der Waals surface area contributed by atoms with Gasteiger partial charge in [-0.1, -0.05) is 30.6 Å². The molecule has 2 N–H and O–H groups in total. The van der Waals surface area contributed by atoms with Gasteiger partial charge < -0.3 is 15.2 Å². The van der Waals surface area contributed by atoms with Crippen molar-refractivity contribution in [3.05, 3.63) is 4.88 Å². The molecule has 0 unspecified atom stereocenters. The maximum atomic E-state index is 11.7. The molecular formula is C12H18N2O3S. The summed E-state index contributed by atoms with van der Waals surface area (Å²) in [5.74, 6) is 0.674. The molecule has 0 amide bonds. The zero-order valence-corrected chi connectivity index (χ0v) is 11.3. The van der Waals surface area contributed by atoms with Crippen LogP contribution in [-0.2, 0) is 4.74 Å². The summed E-state index contributed by atoms with van der Waals surface area (Å²) in [6.07, 6.45) is 4.91. The van der Waals surface area contributed by atoms with E-state index in [4.69, 9.17) is 15.2 Å². The van der Waals surface area contributed by atoms with E-state index < -0.39 is 5.97 Å². The van der Waals surface area contributed by atoms with Crippen molar-refractivity contribution >= 4 is 22.4 Å². The van der Waals surface area contributed by atoms with Crippen LogP contribution in [0.1, 0.15) is 42.3 Å². The molecule has 1 heterocycles. The lowest BCUT2D eigenvalue weighted by Gasteiger charge is -2.24. The Balaban J connectivity index is 1.91. The Morgan fingerprint density at radius 3 is 2.94 bits per heavy atom. The van der Waals surface area contributed by atoms with Crippen molar-refractivity contribution in [1.29, 1.82) is 0 Å². The van der Waals surface area contributed by atoms with Crippen LogP contribution in [0.2, 0.25) is 0 Å². The van der Waals surface area contributed by atoms with Crippen LogP contribution in [0, 0.1) is 5.92 Å². The topological polar surface area (TPSA) is 74.4 Å². The van der Waals surface area contributed by atoms with Gasteiger partial charge in [-0.25, -0.2) is 4.79 Å². The van der Waals surface area contributed by atoms with Gasteiger partial charge in [0.15, 0.2) is 10.0 Å². The van der Waals surface area contributed by atoms with Gasteiger partial charge in [0, 0.05) is 0 Å². The van der Waals surface area contributed by atoms with E-state index in [1.807, 2.05) is 0 Å². The number of nitrogen functional groups attached to an aromatic ring is 1. The average Bonchev–Trinajstić information content (AvgIpc) is 2.64. The van der Waals surface area contributed by atoms with Crippen molar-refractivity contribution in [2.75, 3.05) is 18.9 Å². The molecule has 1 aliphatic carbocycles. The fraction of sp³-hybridized carbons (Fsp3) is 0.667. The van der Waals surface area contributed by atoms with Crippen LogP contribution in [0.15, 0.2) is 0 Å². The van der Waals surface area contributed by atoms with Gasteiger partial charge in [-0.2, -0.15) is 4.98 Å². The molecule has 6 heteroatoms. The Labute approximate surface area is 110 Å². The molecule has 100 valence electrons. The summed E-state index contributed by atoms with van der Waals surface area (Å²) < 4.78 is 10.5. The summed E-state index contributed by atoms with van der Waals surface area (Å²) in [5.41, 5.74) is 5.60. The first-order valence-electron chi connectivity index (χ1n) is 6.27. The Kier molecular flexibility index (Phi) is 4.41. The Bertz CT molecular complexity index is 415. The molecule has 0 saturated heterocycles. The molecule has 0 aliphatic heterocycles. The molecule has 18 heavy (non-hydrogen) atoms. The second-order valence-electron chi connectivity index (χ2n) is 4.34. The summed E-state index contributed by atoms with van der Waals surface area (Å²) in [5, 5.41) is 0.330. The zero-order chi connectivity index (χ0) is 13.0. The van der Waals surface area contributed by atoms with Crippen LogP contribution >= 0.6 is 11.3 Å². The van der Waals surface area contributed by atoms with Crippen LogP contribution in [0.25, 0.3) is 0 Å². The number of aromatic nitrogens is 1.